The van der Waals surface area contributed by atoms with Crippen LogP contribution in [-0.4, -0.2) is 6.54 Å². The SMILES string of the molecule is NCCCc1ccc(CF)cc1Cl. The fourth-order valence-electron chi connectivity index (χ4n) is 1.17. The minimum Gasteiger partial charge on any atom is -0.330 e. The summed E-state index contributed by atoms with van der Waals surface area (Å²) in [5.74, 6) is 0. The Morgan fingerprint density at radius 1 is 1.38 bits per heavy atom. The monoisotopic (exact) mass is 201 g/mol. The average molecular weight is 202 g/mol. The normalized spacial score (nSPS) is 10.4. The van der Waals surface area contributed by atoms with E-state index in [0.29, 0.717) is 17.1 Å². The van der Waals surface area contributed by atoms with Gasteiger partial charge in [-0.05, 0) is 36.6 Å². The Labute approximate surface area is 82.7 Å². The van der Waals surface area contributed by atoms with Crippen LogP contribution in [0.25, 0.3) is 0 Å². The second-order valence-corrected chi connectivity index (χ2v) is 3.36. The molecule has 0 radical (unpaired) electrons. The summed E-state index contributed by atoms with van der Waals surface area (Å²) in [5, 5.41) is 0.642. The lowest BCUT2D eigenvalue weighted by Gasteiger charge is -2.04. The molecule has 0 unspecified atom stereocenters. The Morgan fingerprint density at radius 2 is 2.15 bits per heavy atom. The first-order valence-electron chi connectivity index (χ1n) is 4.31. The predicted molar refractivity (Wildman–Crippen MR) is 53.6 cm³/mol. The van der Waals surface area contributed by atoms with E-state index in [1.807, 2.05) is 6.07 Å². The third-order valence-corrected chi connectivity index (χ3v) is 2.27. The van der Waals surface area contributed by atoms with Crippen LogP contribution in [-0.2, 0) is 13.1 Å². The van der Waals surface area contributed by atoms with Gasteiger partial charge in [0.25, 0.3) is 0 Å². The van der Waals surface area contributed by atoms with E-state index in [-0.39, 0.29) is 0 Å². The maximum absolute atomic E-state index is 12.2. The van der Waals surface area contributed by atoms with Crippen LogP contribution in [0.2, 0.25) is 5.02 Å². The summed E-state index contributed by atoms with van der Waals surface area (Å²) < 4.78 is 12.2. The maximum Gasteiger partial charge on any atom is 0.115 e. The van der Waals surface area contributed by atoms with Crippen molar-refractivity contribution >= 4 is 11.6 Å². The minimum atomic E-state index is -0.461. The van der Waals surface area contributed by atoms with Crippen LogP contribution in [0.15, 0.2) is 18.2 Å². The van der Waals surface area contributed by atoms with Crippen LogP contribution in [0.3, 0.4) is 0 Å². The highest BCUT2D eigenvalue weighted by molar-refractivity contribution is 6.31. The summed E-state index contributed by atoms with van der Waals surface area (Å²) in [6, 6.07) is 5.30. The molecule has 3 heteroatoms. The lowest BCUT2D eigenvalue weighted by atomic mass is 10.1. The molecular weight excluding hydrogens is 189 g/mol. The fourth-order valence-corrected chi connectivity index (χ4v) is 1.47. The van der Waals surface area contributed by atoms with Crippen molar-refractivity contribution in [2.24, 2.45) is 5.73 Å². The second-order valence-electron chi connectivity index (χ2n) is 2.95. The van der Waals surface area contributed by atoms with Gasteiger partial charge in [0, 0.05) is 5.02 Å². The zero-order chi connectivity index (χ0) is 9.68. The van der Waals surface area contributed by atoms with Crippen molar-refractivity contribution < 1.29 is 4.39 Å². The van der Waals surface area contributed by atoms with Gasteiger partial charge in [-0.25, -0.2) is 4.39 Å². The van der Waals surface area contributed by atoms with E-state index in [2.05, 4.69) is 0 Å². The van der Waals surface area contributed by atoms with E-state index in [1.165, 1.54) is 0 Å². The molecule has 0 saturated carbocycles. The van der Waals surface area contributed by atoms with E-state index >= 15 is 0 Å². The Bertz CT molecular complexity index is 276. The van der Waals surface area contributed by atoms with Crippen LogP contribution in [0.5, 0.6) is 0 Å². The van der Waals surface area contributed by atoms with Crippen molar-refractivity contribution in [3.05, 3.63) is 34.3 Å². The molecule has 1 rings (SSSR count). The van der Waals surface area contributed by atoms with Gasteiger partial charge in [-0.2, -0.15) is 0 Å². The molecule has 0 aliphatic rings. The highest BCUT2D eigenvalue weighted by atomic mass is 35.5. The van der Waals surface area contributed by atoms with Gasteiger partial charge in [-0.3, -0.25) is 0 Å². The average Bonchev–Trinajstić information content (AvgIpc) is 2.16. The molecule has 0 heterocycles. The van der Waals surface area contributed by atoms with E-state index in [4.69, 9.17) is 17.3 Å². The highest BCUT2D eigenvalue weighted by Gasteiger charge is 2.00. The largest absolute Gasteiger partial charge is 0.330 e. The van der Waals surface area contributed by atoms with E-state index in [1.54, 1.807) is 12.1 Å². The molecule has 0 amide bonds. The van der Waals surface area contributed by atoms with Crippen molar-refractivity contribution in [3.8, 4) is 0 Å². The van der Waals surface area contributed by atoms with Gasteiger partial charge in [0.15, 0.2) is 0 Å². The fraction of sp³-hybridized carbons (Fsp3) is 0.400. The summed E-state index contributed by atoms with van der Waals surface area (Å²) in [7, 11) is 0. The molecule has 0 aliphatic heterocycles. The molecule has 13 heavy (non-hydrogen) atoms. The molecule has 1 aromatic carbocycles. The van der Waals surface area contributed by atoms with Gasteiger partial charge in [-0.1, -0.05) is 23.7 Å². The molecule has 0 aromatic heterocycles. The molecule has 0 spiro atoms. The molecule has 2 N–H and O–H groups in total. The van der Waals surface area contributed by atoms with Gasteiger partial charge in [0.1, 0.15) is 6.67 Å². The van der Waals surface area contributed by atoms with Crippen LogP contribution < -0.4 is 5.73 Å². The quantitative estimate of drug-likeness (QED) is 0.797. The van der Waals surface area contributed by atoms with Crippen molar-refractivity contribution in [1.29, 1.82) is 0 Å². The number of hydrogen-bond donors (Lipinski definition) is 1. The molecule has 0 aliphatic carbocycles. The summed E-state index contributed by atoms with van der Waals surface area (Å²) in [6.07, 6.45) is 1.77. The van der Waals surface area contributed by atoms with E-state index < -0.39 is 6.67 Å². The van der Waals surface area contributed by atoms with Gasteiger partial charge < -0.3 is 5.73 Å². The Kier molecular flexibility index (Phi) is 4.19. The van der Waals surface area contributed by atoms with E-state index in [9.17, 15) is 4.39 Å². The summed E-state index contributed by atoms with van der Waals surface area (Å²) in [5.41, 5.74) is 7.05. The summed E-state index contributed by atoms with van der Waals surface area (Å²) in [4.78, 5) is 0. The summed E-state index contributed by atoms with van der Waals surface area (Å²) >= 11 is 5.94. The Morgan fingerprint density at radius 3 is 2.69 bits per heavy atom. The number of nitrogens with two attached hydrogens (primary N) is 1. The number of halogens is 2. The van der Waals surface area contributed by atoms with Crippen LogP contribution >= 0.6 is 11.6 Å². The number of alkyl halides is 1. The molecule has 0 fully saturated rings. The highest BCUT2D eigenvalue weighted by Crippen LogP contribution is 2.19. The third kappa shape index (κ3) is 2.98. The van der Waals surface area contributed by atoms with Gasteiger partial charge in [0.2, 0.25) is 0 Å². The van der Waals surface area contributed by atoms with Crippen molar-refractivity contribution in [3.63, 3.8) is 0 Å². The number of aryl methyl sites for hydroxylation is 1. The van der Waals surface area contributed by atoms with Gasteiger partial charge in [0.05, 0.1) is 0 Å². The second kappa shape index (κ2) is 5.20. The Hall–Kier alpha value is -0.600. The first-order valence-corrected chi connectivity index (χ1v) is 4.69. The minimum absolute atomic E-state index is 0.461. The molecule has 0 saturated heterocycles. The molecule has 0 atom stereocenters. The predicted octanol–water partition coefficient (Wildman–Crippen LogP) is 2.70. The smallest absolute Gasteiger partial charge is 0.115 e. The Balaban J connectivity index is 2.73. The molecule has 0 bridgehead atoms. The first kappa shape index (κ1) is 10.5. The van der Waals surface area contributed by atoms with Crippen molar-refractivity contribution in [2.45, 2.75) is 19.5 Å². The number of hydrogen-bond acceptors (Lipinski definition) is 1. The van der Waals surface area contributed by atoms with E-state index in [0.717, 1.165) is 18.4 Å². The maximum atomic E-state index is 12.2. The molecular formula is C10H13ClFN. The van der Waals surface area contributed by atoms with Crippen LogP contribution in [0, 0.1) is 0 Å². The van der Waals surface area contributed by atoms with Crippen molar-refractivity contribution in [2.75, 3.05) is 6.54 Å². The van der Waals surface area contributed by atoms with Crippen molar-refractivity contribution in [1.82, 2.24) is 0 Å². The number of rotatable bonds is 4. The first-order chi connectivity index (χ1) is 6.27. The zero-order valence-electron chi connectivity index (χ0n) is 7.39. The lowest BCUT2D eigenvalue weighted by molar-refractivity contribution is 0.485. The number of benzene rings is 1. The van der Waals surface area contributed by atoms with Crippen LogP contribution in [0.4, 0.5) is 4.39 Å². The van der Waals surface area contributed by atoms with Crippen LogP contribution in [0.1, 0.15) is 17.5 Å². The standard InChI is InChI=1S/C10H13ClFN/c11-10-6-8(7-12)3-4-9(10)2-1-5-13/h3-4,6H,1-2,5,7,13H2. The molecule has 1 nitrogen and oxygen atoms in total. The van der Waals surface area contributed by atoms with Gasteiger partial charge >= 0.3 is 0 Å². The zero-order valence-corrected chi connectivity index (χ0v) is 8.15. The van der Waals surface area contributed by atoms with Gasteiger partial charge in [-0.15, -0.1) is 0 Å². The molecule has 1 aromatic rings. The topological polar surface area (TPSA) is 26.0 Å². The third-order valence-electron chi connectivity index (χ3n) is 1.92. The summed E-state index contributed by atoms with van der Waals surface area (Å²) in [6.45, 7) is 0.193. The molecule has 72 valence electrons. The lowest BCUT2D eigenvalue weighted by Crippen LogP contribution is -2.00.